The number of aliphatic hydroxyl groups is 1. The Labute approximate surface area is 190 Å². The number of rotatable bonds is 10. The van der Waals surface area contributed by atoms with Gasteiger partial charge in [-0.1, -0.05) is 61.4 Å². The van der Waals surface area contributed by atoms with E-state index < -0.39 is 5.60 Å². The maximum atomic E-state index is 11.8. The third kappa shape index (κ3) is 5.19. The molecule has 6 heteroatoms. The second-order valence-corrected chi connectivity index (χ2v) is 9.45. The van der Waals surface area contributed by atoms with Gasteiger partial charge in [-0.3, -0.25) is 0 Å². The van der Waals surface area contributed by atoms with Crippen molar-refractivity contribution in [3.8, 4) is 5.75 Å². The Hall–Kier alpha value is -2.70. The standard InChI is InChI=1S/C26H34N3O3/c1-29(2,18-11-19-31-23-16-7-4-8-17-23)20-24-27-28-25(32-24)26(30,22-14-9-10-15-22)21-12-5-3-6-13-21/h3-8,12-13,16-17,22,30H,9-11,14-15,18-20H2,1-2H3/q+1. The lowest BCUT2D eigenvalue weighted by Gasteiger charge is -2.31. The van der Waals surface area contributed by atoms with Crippen molar-refractivity contribution >= 4 is 0 Å². The summed E-state index contributed by atoms with van der Waals surface area (Å²) in [6, 6.07) is 19.6. The number of hydrogen-bond donors (Lipinski definition) is 1. The Kier molecular flexibility index (Phi) is 6.92. The van der Waals surface area contributed by atoms with Gasteiger partial charge in [-0.2, -0.15) is 0 Å². The van der Waals surface area contributed by atoms with Crippen LogP contribution in [0.2, 0.25) is 0 Å². The van der Waals surface area contributed by atoms with E-state index in [2.05, 4.69) is 24.3 Å². The maximum absolute atomic E-state index is 11.8. The zero-order chi connectivity index (χ0) is 22.4. The van der Waals surface area contributed by atoms with Crippen LogP contribution in [0.1, 0.15) is 49.4 Å². The predicted molar refractivity (Wildman–Crippen MR) is 123 cm³/mol. The Morgan fingerprint density at radius 2 is 1.66 bits per heavy atom. The highest BCUT2D eigenvalue weighted by Crippen LogP contribution is 2.44. The largest absolute Gasteiger partial charge is 0.493 e. The molecule has 4 rings (SSSR count). The molecular weight excluding hydrogens is 402 g/mol. The van der Waals surface area contributed by atoms with Crippen LogP contribution in [-0.2, 0) is 12.1 Å². The van der Waals surface area contributed by atoms with Crippen molar-refractivity contribution in [1.29, 1.82) is 0 Å². The van der Waals surface area contributed by atoms with E-state index in [1.54, 1.807) is 0 Å². The molecule has 3 aromatic rings. The molecule has 1 aromatic heterocycles. The van der Waals surface area contributed by atoms with Gasteiger partial charge in [0.05, 0.1) is 27.2 Å². The molecule has 170 valence electrons. The van der Waals surface area contributed by atoms with Crippen molar-refractivity contribution in [1.82, 2.24) is 10.2 Å². The van der Waals surface area contributed by atoms with Crippen LogP contribution in [0, 0.1) is 5.92 Å². The van der Waals surface area contributed by atoms with Gasteiger partial charge in [0.2, 0.25) is 0 Å². The molecule has 0 bridgehead atoms. The lowest BCUT2D eigenvalue weighted by atomic mass is 9.80. The molecule has 0 spiro atoms. The summed E-state index contributed by atoms with van der Waals surface area (Å²) in [5, 5.41) is 20.5. The van der Waals surface area contributed by atoms with E-state index >= 15 is 0 Å². The van der Waals surface area contributed by atoms with E-state index in [0.717, 1.165) is 50.0 Å². The van der Waals surface area contributed by atoms with Crippen molar-refractivity contribution in [3.05, 3.63) is 78.0 Å². The van der Waals surface area contributed by atoms with Crippen LogP contribution < -0.4 is 4.74 Å². The van der Waals surface area contributed by atoms with Gasteiger partial charge in [-0.25, -0.2) is 0 Å². The molecule has 1 atom stereocenters. The molecule has 1 fully saturated rings. The van der Waals surface area contributed by atoms with Gasteiger partial charge in [0.25, 0.3) is 11.8 Å². The fourth-order valence-electron chi connectivity index (χ4n) is 4.69. The third-order valence-corrected chi connectivity index (χ3v) is 6.44. The van der Waals surface area contributed by atoms with Crippen LogP contribution >= 0.6 is 0 Å². The molecule has 0 saturated heterocycles. The molecule has 1 aliphatic carbocycles. The Bertz CT molecular complexity index is 968. The number of para-hydroxylation sites is 1. The summed E-state index contributed by atoms with van der Waals surface area (Å²) in [6.45, 7) is 2.18. The molecule has 1 N–H and O–H groups in total. The smallest absolute Gasteiger partial charge is 0.271 e. The Morgan fingerprint density at radius 1 is 1.00 bits per heavy atom. The number of aromatic nitrogens is 2. The van der Waals surface area contributed by atoms with Gasteiger partial charge in [-0.05, 0) is 30.5 Å². The second kappa shape index (κ2) is 9.84. The highest BCUT2D eigenvalue weighted by Gasteiger charge is 2.46. The van der Waals surface area contributed by atoms with E-state index in [1.807, 2.05) is 60.7 Å². The van der Waals surface area contributed by atoms with Crippen LogP contribution in [-0.4, -0.2) is 47.0 Å². The summed E-state index contributed by atoms with van der Waals surface area (Å²) in [5.41, 5.74) is -0.405. The minimum atomic E-state index is -1.23. The average Bonchev–Trinajstić information content (AvgIpc) is 3.50. The number of ether oxygens (including phenoxy) is 1. The average molecular weight is 437 g/mol. The van der Waals surface area contributed by atoms with Crippen molar-refractivity contribution in [2.45, 2.75) is 44.2 Å². The van der Waals surface area contributed by atoms with E-state index in [1.165, 1.54) is 0 Å². The second-order valence-electron chi connectivity index (χ2n) is 9.45. The molecule has 0 radical (unpaired) electrons. The first-order valence-corrected chi connectivity index (χ1v) is 11.6. The first kappa shape index (κ1) is 22.5. The summed E-state index contributed by atoms with van der Waals surface area (Å²) >= 11 is 0. The molecule has 32 heavy (non-hydrogen) atoms. The summed E-state index contributed by atoms with van der Waals surface area (Å²) < 4.78 is 12.6. The summed E-state index contributed by atoms with van der Waals surface area (Å²) in [5.74, 6) is 1.86. The Balaban J connectivity index is 1.41. The maximum Gasteiger partial charge on any atom is 0.271 e. The fraction of sp³-hybridized carbons (Fsp3) is 0.462. The Morgan fingerprint density at radius 3 is 2.34 bits per heavy atom. The molecule has 0 amide bonds. The predicted octanol–water partition coefficient (Wildman–Crippen LogP) is 4.54. The van der Waals surface area contributed by atoms with Crippen molar-refractivity contribution < 1.29 is 18.7 Å². The van der Waals surface area contributed by atoms with Gasteiger partial charge in [-0.15, -0.1) is 10.2 Å². The van der Waals surface area contributed by atoms with Crippen LogP contribution in [0.4, 0.5) is 0 Å². The van der Waals surface area contributed by atoms with Gasteiger partial charge >= 0.3 is 0 Å². The molecular formula is C26H34N3O3+. The van der Waals surface area contributed by atoms with E-state index in [4.69, 9.17) is 9.15 Å². The fourth-order valence-corrected chi connectivity index (χ4v) is 4.69. The van der Waals surface area contributed by atoms with Crippen molar-refractivity contribution in [3.63, 3.8) is 0 Å². The molecule has 1 aliphatic rings. The summed E-state index contributed by atoms with van der Waals surface area (Å²) in [7, 11) is 4.29. The van der Waals surface area contributed by atoms with Crippen molar-refractivity contribution in [2.75, 3.05) is 27.2 Å². The molecule has 2 aromatic carbocycles. The van der Waals surface area contributed by atoms with E-state index in [9.17, 15) is 5.11 Å². The first-order chi connectivity index (χ1) is 15.5. The van der Waals surface area contributed by atoms with Gasteiger partial charge in [0.15, 0.2) is 12.1 Å². The molecule has 1 saturated carbocycles. The topological polar surface area (TPSA) is 68.4 Å². The lowest BCUT2D eigenvalue weighted by Crippen LogP contribution is -2.40. The number of nitrogens with zero attached hydrogens (tertiary/aromatic N) is 3. The lowest BCUT2D eigenvalue weighted by molar-refractivity contribution is -0.905. The van der Waals surface area contributed by atoms with Crippen LogP contribution in [0.5, 0.6) is 5.75 Å². The van der Waals surface area contributed by atoms with Crippen LogP contribution in [0.25, 0.3) is 0 Å². The minimum absolute atomic E-state index is 0.0934. The molecule has 1 unspecified atom stereocenters. The minimum Gasteiger partial charge on any atom is -0.493 e. The highest BCUT2D eigenvalue weighted by molar-refractivity contribution is 5.29. The van der Waals surface area contributed by atoms with Gasteiger partial charge in [0.1, 0.15) is 5.75 Å². The summed E-state index contributed by atoms with van der Waals surface area (Å²) in [6.07, 6.45) is 5.09. The van der Waals surface area contributed by atoms with Gasteiger partial charge < -0.3 is 18.7 Å². The number of hydrogen-bond acceptors (Lipinski definition) is 5. The van der Waals surface area contributed by atoms with E-state index in [0.29, 0.717) is 29.4 Å². The molecule has 1 heterocycles. The van der Waals surface area contributed by atoms with Crippen molar-refractivity contribution in [2.24, 2.45) is 5.92 Å². The third-order valence-electron chi connectivity index (χ3n) is 6.44. The molecule has 0 aliphatic heterocycles. The zero-order valence-corrected chi connectivity index (χ0v) is 19.1. The highest BCUT2D eigenvalue weighted by atomic mass is 16.5. The first-order valence-electron chi connectivity index (χ1n) is 11.6. The van der Waals surface area contributed by atoms with E-state index in [-0.39, 0.29) is 5.92 Å². The van der Waals surface area contributed by atoms with Crippen LogP contribution in [0.15, 0.2) is 65.1 Å². The SMILES string of the molecule is C[N+](C)(CCCOc1ccccc1)Cc1nnc(C(O)(c2ccccc2)C2CCCC2)o1. The zero-order valence-electron chi connectivity index (χ0n) is 19.1. The number of quaternary nitrogens is 1. The molecule has 6 nitrogen and oxygen atoms in total. The monoisotopic (exact) mass is 436 g/mol. The normalized spacial score (nSPS) is 16.7. The van der Waals surface area contributed by atoms with Crippen LogP contribution in [0.3, 0.4) is 0 Å². The number of benzene rings is 2. The quantitative estimate of drug-likeness (QED) is 0.373. The van der Waals surface area contributed by atoms with Gasteiger partial charge in [0, 0.05) is 12.3 Å². The summed E-state index contributed by atoms with van der Waals surface area (Å²) in [4.78, 5) is 0.